The first kappa shape index (κ1) is 30.1. The number of hydrogen-bond donors (Lipinski definition) is 3. The molecule has 0 aromatic carbocycles. The van der Waals surface area contributed by atoms with E-state index in [0.717, 1.165) is 42.6 Å². The van der Waals surface area contributed by atoms with Gasteiger partial charge < -0.3 is 19.9 Å². The van der Waals surface area contributed by atoms with Gasteiger partial charge in [-0.2, -0.15) is 13.2 Å². The topological polar surface area (TPSA) is 142 Å². The molecule has 15 heteroatoms. The number of alkyl halides is 3. The summed E-state index contributed by atoms with van der Waals surface area (Å²) in [6.07, 6.45) is 1.15. The van der Waals surface area contributed by atoms with E-state index in [4.69, 9.17) is 0 Å². The number of urea groups is 1. The third-order valence-corrected chi connectivity index (χ3v) is 8.11. The van der Waals surface area contributed by atoms with Crippen molar-refractivity contribution in [3.8, 4) is 21.7 Å². The van der Waals surface area contributed by atoms with Crippen molar-refractivity contribution < 1.29 is 27.9 Å². The molecule has 43 heavy (non-hydrogen) atoms. The number of nitrogens with one attached hydrogen (secondary N) is 2. The number of carboxylic acids is 1. The molecule has 3 N–H and O–H groups in total. The van der Waals surface area contributed by atoms with Gasteiger partial charge in [-0.15, -0.1) is 11.3 Å². The number of piperidine rings is 1. The van der Waals surface area contributed by atoms with Gasteiger partial charge in [0.05, 0.1) is 5.39 Å². The van der Waals surface area contributed by atoms with Crippen LogP contribution in [0.3, 0.4) is 0 Å². The number of aromatic nitrogens is 4. The Bertz CT molecular complexity index is 1750. The van der Waals surface area contributed by atoms with E-state index in [9.17, 15) is 32.7 Å². The number of aromatic carboxylic acids is 1. The summed E-state index contributed by atoms with van der Waals surface area (Å²) in [7, 11) is 0. The average Bonchev–Trinajstić information content (AvgIpc) is 3.49. The van der Waals surface area contributed by atoms with Crippen molar-refractivity contribution in [2.75, 3.05) is 31.5 Å². The molecule has 0 spiro atoms. The fourth-order valence-corrected chi connectivity index (χ4v) is 5.99. The van der Waals surface area contributed by atoms with Crippen LogP contribution in [0.2, 0.25) is 0 Å². The molecular formula is C28H28F3N7O4S. The van der Waals surface area contributed by atoms with E-state index in [0.29, 0.717) is 29.9 Å². The highest BCUT2D eigenvalue weighted by Crippen LogP contribution is 2.39. The van der Waals surface area contributed by atoms with E-state index in [1.54, 1.807) is 11.5 Å². The van der Waals surface area contributed by atoms with Crippen molar-refractivity contribution in [2.45, 2.75) is 38.9 Å². The van der Waals surface area contributed by atoms with Crippen molar-refractivity contribution >= 4 is 40.2 Å². The van der Waals surface area contributed by atoms with E-state index in [1.165, 1.54) is 30.7 Å². The molecule has 5 rings (SSSR count). The number of nitrogens with zero attached hydrogens (tertiary/aromatic N) is 5. The highest BCUT2D eigenvalue weighted by Gasteiger charge is 2.34. The van der Waals surface area contributed by atoms with Crippen molar-refractivity contribution in [1.29, 1.82) is 0 Å². The number of likely N-dealkylation sites (tertiary alicyclic amines) is 1. The van der Waals surface area contributed by atoms with Gasteiger partial charge in [-0.05, 0) is 45.0 Å². The number of anilines is 1. The number of carboxylic acid groups (broad SMARTS) is 1. The lowest BCUT2D eigenvalue weighted by Crippen LogP contribution is -2.37. The zero-order valence-electron chi connectivity index (χ0n) is 23.2. The molecule has 226 valence electrons. The molecule has 0 bridgehead atoms. The molecule has 11 nitrogen and oxygen atoms in total. The van der Waals surface area contributed by atoms with Gasteiger partial charge in [0.25, 0.3) is 0 Å². The van der Waals surface area contributed by atoms with Crippen LogP contribution < -0.4 is 16.1 Å². The first-order chi connectivity index (χ1) is 20.5. The van der Waals surface area contributed by atoms with Crippen LogP contribution >= 0.6 is 11.3 Å². The fraction of sp³-hybridized carbons (Fsp3) is 0.357. The molecule has 0 unspecified atom stereocenters. The summed E-state index contributed by atoms with van der Waals surface area (Å²) in [6.45, 7) is 6.51. The minimum atomic E-state index is -4.67. The van der Waals surface area contributed by atoms with E-state index in [1.807, 2.05) is 6.92 Å². The van der Waals surface area contributed by atoms with E-state index in [2.05, 4.69) is 30.5 Å². The maximum atomic E-state index is 13.4. The Balaban J connectivity index is 1.68. The predicted molar refractivity (Wildman–Crippen MR) is 155 cm³/mol. The molecule has 1 atom stereocenters. The molecule has 1 saturated heterocycles. The predicted octanol–water partition coefficient (Wildman–Crippen LogP) is 5.10. The highest BCUT2D eigenvalue weighted by atomic mass is 32.1. The summed E-state index contributed by atoms with van der Waals surface area (Å²) in [6, 6.07) is 2.20. The SMILES string of the molecule is CCNC(=O)Nc1cc(-c2nc(C(F)(F)F)cs2)c(-c2cnc3c(c2)c(=O)c(C(=O)O)cn3[C@H]2CCCN(CC)C2)cn1. The van der Waals surface area contributed by atoms with Crippen LogP contribution in [0, 0.1) is 0 Å². The summed E-state index contributed by atoms with van der Waals surface area (Å²) in [5, 5.41) is 15.9. The van der Waals surface area contributed by atoms with Crippen LogP contribution in [0.1, 0.15) is 48.8 Å². The second-order valence-electron chi connectivity index (χ2n) is 10.0. The van der Waals surface area contributed by atoms with Crippen LogP contribution in [0.15, 0.2) is 40.9 Å². The molecule has 5 heterocycles. The first-order valence-electron chi connectivity index (χ1n) is 13.6. The molecule has 4 aromatic rings. The fourth-order valence-electron chi connectivity index (χ4n) is 5.14. The standard InChI is InChI=1S/C28H28F3N7O4S/c1-3-32-27(42)36-22-9-17(25-35-21(14-43-25)28(29,30)31)19(11-33-22)15-8-18-23(39)20(26(40)41)13-38(24(18)34-10-15)16-6-5-7-37(4-2)12-16/h8-11,13-14,16H,3-7,12H2,1-2H3,(H,40,41)(H2,32,33,36,42)/t16-/m0/s1. The monoisotopic (exact) mass is 615 g/mol. The first-order valence-corrected chi connectivity index (χ1v) is 14.5. The van der Waals surface area contributed by atoms with Crippen LogP contribution in [0.4, 0.5) is 23.8 Å². The number of carbonyl (C=O) groups excluding carboxylic acids is 1. The van der Waals surface area contributed by atoms with Crippen LogP contribution in [-0.4, -0.2) is 67.7 Å². The molecular weight excluding hydrogens is 587 g/mol. The Morgan fingerprint density at radius 2 is 1.95 bits per heavy atom. The molecule has 4 aromatic heterocycles. The molecule has 1 aliphatic heterocycles. The second kappa shape index (κ2) is 12.1. The average molecular weight is 616 g/mol. The van der Waals surface area contributed by atoms with E-state index in [-0.39, 0.29) is 27.8 Å². The van der Waals surface area contributed by atoms with Gasteiger partial charge in [0.1, 0.15) is 22.0 Å². The minimum Gasteiger partial charge on any atom is -0.477 e. The lowest BCUT2D eigenvalue weighted by molar-refractivity contribution is -0.140. The van der Waals surface area contributed by atoms with Crippen molar-refractivity contribution in [3.63, 3.8) is 0 Å². The lowest BCUT2D eigenvalue weighted by atomic mass is 10.0. The molecule has 0 saturated carbocycles. The Labute approximate surface area is 247 Å². The van der Waals surface area contributed by atoms with Crippen LogP contribution in [0.25, 0.3) is 32.7 Å². The second-order valence-corrected chi connectivity index (χ2v) is 10.9. The van der Waals surface area contributed by atoms with E-state index >= 15 is 0 Å². The lowest BCUT2D eigenvalue weighted by Gasteiger charge is -2.33. The number of halogens is 3. The van der Waals surface area contributed by atoms with Crippen LogP contribution in [-0.2, 0) is 6.18 Å². The highest BCUT2D eigenvalue weighted by molar-refractivity contribution is 7.13. The number of rotatable bonds is 7. The summed E-state index contributed by atoms with van der Waals surface area (Å²) >= 11 is 0.757. The third-order valence-electron chi connectivity index (χ3n) is 7.24. The maximum absolute atomic E-state index is 13.4. The summed E-state index contributed by atoms with van der Waals surface area (Å²) < 4.78 is 42.0. The quantitative estimate of drug-likeness (QED) is 0.261. The van der Waals surface area contributed by atoms with Gasteiger partial charge in [-0.1, -0.05) is 6.92 Å². The normalized spacial score (nSPS) is 15.9. The summed E-state index contributed by atoms with van der Waals surface area (Å²) in [5.74, 6) is -1.31. The number of likely N-dealkylation sites (N-methyl/N-ethyl adjacent to an activating group) is 1. The molecule has 1 fully saturated rings. The molecule has 0 aliphatic carbocycles. The summed E-state index contributed by atoms with van der Waals surface area (Å²) in [5.41, 5.74) is -1.09. The number of hydrogen-bond acceptors (Lipinski definition) is 8. The van der Waals surface area contributed by atoms with Gasteiger partial charge in [-0.3, -0.25) is 10.1 Å². The van der Waals surface area contributed by atoms with Crippen molar-refractivity contribution in [1.82, 2.24) is 29.7 Å². The number of fused-ring (bicyclic) bond motifs is 1. The Kier molecular flexibility index (Phi) is 8.46. The van der Waals surface area contributed by atoms with Crippen molar-refractivity contribution in [2.24, 2.45) is 0 Å². The molecule has 0 radical (unpaired) electrons. The van der Waals surface area contributed by atoms with Crippen LogP contribution in [0.5, 0.6) is 0 Å². The number of pyridine rings is 3. The molecule has 1 aliphatic rings. The largest absolute Gasteiger partial charge is 0.477 e. The zero-order valence-corrected chi connectivity index (χ0v) is 24.1. The Morgan fingerprint density at radius 1 is 1.16 bits per heavy atom. The van der Waals surface area contributed by atoms with Gasteiger partial charge >= 0.3 is 18.2 Å². The van der Waals surface area contributed by atoms with Gasteiger partial charge in [0.15, 0.2) is 5.69 Å². The van der Waals surface area contributed by atoms with Gasteiger partial charge in [-0.25, -0.2) is 24.5 Å². The van der Waals surface area contributed by atoms with Gasteiger partial charge in [0.2, 0.25) is 5.43 Å². The summed E-state index contributed by atoms with van der Waals surface area (Å²) in [4.78, 5) is 52.4. The number of thiazole rings is 1. The number of amides is 2. The third kappa shape index (κ3) is 6.22. The smallest absolute Gasteiger partial charge is 0.434 e. The van der Waals surface area contributed by atoms with Gasteiger partial charge in [0, 0.05) is 59.8 Å². The zero-order chi connectivity index (χ0) is 30.9. The maximum Gasteiger partial charge on any atom is 0.434 e. The van der Waals surface area contributed by atoms with E-state index < -0.39 is 34.9 Å². The number of carbonyl (C=O) groups is 2. The molecule has 2 amide bonds. The minimum absolute atomic E-state index is 0.00216. The van der Waals surface area contributed by atoms with Crippen molar-refractivity contribution in [3.05, 3.63) is 57.6 Å². The Hall–Kier alpha value is -4.37. The Morgan fingerprint density at radius 3 is 2.63 bits per heavy atom.